The molecular weight excluding hydrogens is 396 g/mol. The zero-order valence-corrected chi connectivity index (χ0v) is 18.6. The number of rotatable bonds is 9. The Labute approximate surface area is 182 Å². The van der Waals surface area contributed by atoms with E-state index in [9.17, 15) is 4.79 Å². The molecule has 0 N–H and O–H groups in total. The topological polar surface area (TPSA) is 51.1 Å². The van der Waals surface area contributed by atoms with Gasteiger partial charge in [0, 0.05) is 6.54 Å². The lowest BCUT2D eigenvalue weighted by Gasteiger charge is -2.12. The van der Waals surface area contributed by atoms with Gasteiger partial charge in [-0.3, -0.25) is 9.69 Å². The van der Waals surface area contributed by atoms with Crippen molar-refractivity contribution in [3.8, 4) is 11.5 Å². The molecule has 1 amide bonds. The number of hydrogen-bond acceptors (Lipinski definition) is 5. The number of ether oxygens (including phenoxy) is 2. The Morgan fingerprint density at radius 3 is 2.53 bits per heavy atom. The van der Waals surface area contributed by atoms with Crippen LogP contribution in [0.5, 0.6) is 11.5 Å². The molecule has 1 saturated heterocycles. The Kier molecular flexibility index (Phi) is 7.97. The van der Waals surface area contributed by atoms with Crippen LogP contribution in [0.15, 0.2) is 58.4 Å². The number of carbonyl (C=O) groups excluding carboxylic acids is 1. The fourth-order valence-electron chi connectivity index (χ4n) is 2.96. The van der Waals surface area contributed by atoms with Crippen LogP contribution < -0.4 is 9.47 Å². The van der Waals surface area contributed by atoms with Gasteiger partial charge in [-0.05, 0) is 67.9 Å². The van der Waals surface area contributed by atoms with Gasteiger partial charge >= 0.3 is 0 Å². The monoisotopic (exact) mass is 424 g/mol. The van der Waals surface area contributed by atoms with Gasteiger partial charge in [-0.25, -0.2) is 4.99 Å². The maximum absolute atomic E-state index is 12.9. The minimum absolute atomic E-state index is 0.0292. The van der Waals surface area contributed by atoms with Crippen LogP contribution in [0.3, 0.4) is 0 Å². The van der Waals surface area contributed by atoms with Crippen LogP contribution in [0.2, 0.25) is 0 Å². The molecule has 0 aliphatic carbocycles. The van der Waals surface area contributed by atoms with Gasteiger partial charge in [-0.1, -0.05) is 37.6 Å². The van der Waals surface area contributed by atoms with Crippen molar-refractivity contribution in [2.24, 2.45) is 4.99 Å². The minimum Gasteiger partial charge on any atom is -0.490 e. The molecule has 2 aromatic carbocycles. The van der Waals surface area contributed by atoms with Crippen molar-refractivity contribution in [3.05, 3.63) is 59.0 Å². The second-order valence-corrected chi connectivity index (χ2v) is 7.74. The molecule has 158 valence electrons. The van der Waals surface area contributed by atoms with Gasteiger partial charge in [0.25, 0.3) is 5.91 Å². The molecule has 30 heavy (non-hydrogen) atoms. The van der Waals surface area contributed by atoms with E-state index in [0.717, 1.165) is 29.8 Å². The first-order valence-electron chi connectivity index (χ1n) is 10.4. The number of amides is 1. The summed E-state index contributed by atoms with van der Waals surface area (Å²) in [5.41, 5.74) is 1.73. The molecule has 1 heterocycles. The molecule has 3 rings (SSSR count). The fraction of sp³-hybridized carbons (Fsp3) is 0.333. The Morgan fingerprint density at radius 2 is 1.83 bits per heavy atom. The first-order valence-corrected chi connectivity index (χ1v) is 11.2. The summed E-state index contributed by atoms with van der Waals surface area (Å²) in [6, 6.07) is 15.5. The summed E-state index contributed by atoms with van der Waals surface area (Å²) in [6.45, 7) is 7.82. The van der Waals surface area contributed by atoms with Crippen molar-refractivity contribution in [3.63, 3.8) is 0 Å². The molecule has 1 fully saturated rings. The number of para-hydroxylation sites is 1. The smallest absolute Gasteiger partial charge is 0.266 e. The maximum atomic E-state index is 12.9. The maximum Gasteiger partial charge on any atom is 0.266 e. The molecule has 0 radical (unpaired) electrons. The molecule has 0 bridgehead atoms. The Morgan fingerprint density at radius 1 is 1.03 bits per heavy atom. The number of aliphatic imine (C=N–C) groups is 1. The highest BCUT2D eigenvalue weighted by atomic mass is 32.2. The van der Waals surface area contributed by atoms with E-state index in [2.05, 4.69) is 11.9 Å². The van der Waals surface area contributed by atoms with Crippen LogP contribution in [0, 0.1) is 0 Å². The summed E-state index contributed by atoms with van der Waals surface area (Å²) in [5, 5.41) is 0.699. The first-order chi connectivity index (χ1) is 14.7. The molecule has 0 aromatic heterocycles. The average molecular weight is 425 g/mol. The number of benzene rings is 2. The second kappa shape index (κ2) is 10.9. The standard InChI is InChI=1S/C24H28N2O3S/c1-4-7-15-29-20-14-13-18(16-21(20)28-6-3)17-22-23(27)26(5-2)24(30-22)25-19-11-9-8-10-12-19/h8-14,16-17H,4-7,15H2,1-3H3/b22-17+,25-24?. The molecular formula is C24H28N2O3S. The van der Waals surface area contributed by atoms with E-state index in [0.29, 0.717) is 35.6 Å². The van der Waals surface area contributed by atoms with E-state index >= 15 is 0 Å². The normalized spacial score (nSPS) is 16.5. The predicted octanol–water partition coefficient (Wildman–Crippen LogP) is 5.89. The van der Waals surface area contributed by atoms with Gasteiger partial charge in [-0.2, -0.15) is 0 Å². The number of amidine groups is 1. The van der Waals surface area contributed by atoms with Gasteiger partial charge in [0.2, 0.25) is 0 Å². The highest BCUT2D eigenvalue weighted by molar-refractivity contribution is 8.18. The third-order valence-corrected chi connectivity index (χ3v) is 5.51. The molecule has 0 spiro atoms. The third-order valence-electron chi connectivity index (χ3n) is 4.51. The molecule has 2 aromatic rings. The average Bonchev–Trinajstić information content (AvgIpc) is 3.04. The summed E-state index contributed by atoms with van der Waals surface area (Å²) in [5.74, 6) is 1.40. The number of thioether (sulfide) groups is 1. The zero-order chi connectivity index (χ0) is 21.3. The molecule has 6 heteroatoms. The molecule has 0 atom stereocenters. The fourth-order valence-corrected chi connectivity index (χ4v) is 4.03. The van der Waals surface area contributed by atoms with Crippen LogP contribution in [0.1, 0.15) is 39.2 Å². The van der Waals surface area contributed by atoms with E-state index in [1.54, 1.807) is 4.90 Å². The first kappa shape index (κ1) is 22.0. The number of nitrogens with zero attached hydrogens (tertiary/aromatic N) is 2. The molecule has 0 unspecified atom stereocenters. The number of likely N-dealkylation sites (N-methyl/N-ethyl adjacent to an activating group) is 1. The lowest BCUT2D eigenvalue weighted by atomic mass is 10.2. The number of carbonyl (C=O) groups is 1. The van der Waals surface area contributed by atoms with E-state index in [1.807, 2.05) is 68.5 Å². The van der Waals surface area contributed by atoms with Gasteiger partial charge < -0.3 is 9.47 Å². The Balaban J connectivity index is 1.85. The largest absolute Gasteiger partial charge is 0.490 e. The predicted molar refractivity (Wildman–Crippen MR) is 125 cm³/mol. The molecule has 5 nitrogen and oxygen atoms in total. The summed E-state index contributed by atoms with van der Waals surface area (Å²) >= 11 is 1.40. The van der Waals surface area contributed by atoms with E-state index in [-0.39, 0.29) is 5.91 Å². The zero-order valence-electron chi connectivity index (χ0n) is 17.8. The van der Waals surface area contributed by atoms with Crippen LogP contribution in [-0.2, 0) is 4.79 Å². The van der Waals surface area contributed by atoms with Crippen LogP contribution in [0.25, 0.3) is 6.08 Å². The summed E-state index contributed by atoms with van der Waals surface area (Å²) in [7, 11) is 0. The van der Waals surface area contributed by atoms with E-state index < -0.39 is 0 Å². The van der Waals surface area contributed by atoms with Crippen molar-refractivity contribution >= 4 is 34.6 Å². The lowest BCUT2D eigenvalue weighted by Crippen LogP contribution is -2.28. The summed E-state index contributed by atoms with van der Waals surface area (Å²) < 4.78 is 11.6. The molecule has 0 saturated carbocycles. The van der Waals surface area contributed by atoms with E-state index in [1.165, 1.54) is 11.8 Å². The minimum atomic E-state index is -0.0292. The van der Waals surface area contributed by atoms with Gasteiger partial charge in [0.15, 0.2) is 16.7 Å². The number of hydrogen-bond donors (Lipinski definition) is 0. The van der Waals surface area contributed by atoms with Crippen molar-refractivity contribution in [2.45, 2.75) is 33.6 Å². The Bertz CT molecular complexity index is 925. The van der Waals surface area contributed by atoms with Gasteiger partial charge in [0.1, 0.15) is 0 Å². The highest BCUT2D eigenvalue weighted by Crippen LogP contribution is 2.35. The molecule has 1 aliphatic heterocycles. The van der Waals surface area contributed by atoms with Gasteiger partial charge in [0.05, 0.1) is 23.8 Å². The Hall–Kier alpha value is -2.73. The third kappa shape index (κ3) is 5.45. The van der Waals surface area contributed by atoms with Crippen molar-refractivity contribution in [1.82, 2.24) is 4.90 Å². The van der Waals surface area contributed by atoms with Crippen LogP contribution >= 0.6 is 11.8 Å². The van der Waals surface area contributed by atoms with Gasteiger partial charge in [-0.15, -0.1) is 0 Å². The summed E-state index contributed by atoms with van der Waals surface area (Å²) in [4.78, 5) is 19.9. The lowest BCUT2D eigenvalue weighted by molar-refractivity contribution is -0.122. The molecule has 1 aliphatic rings. The quantitative estimate of drug-likeness (QED) is 0.372. The SMILES string of the molecule is CCCCOc1ccc(/C=C2/SC(=Nc3ccccc3)N(CC)C2=O)cc1OCC. The van der Waals surface area contributed by atoms with E-state index in [4.69, 9.17) is 9.47 Å². The number of unbranched alkanes of at least 4 members (excludes halogenated alkanes) is 1. The van der Waals surface area contributed by atoms with Crippen molar-refractivity contribution < 1.29 is 14.3 Å². The summed E-state index contributed by atoms with van der Waals surface area (Å²) in [6.07, 6.45) is 3.97. The van der Waals surface area contributed by atoms with Crippen LogP contribution in [0.4, 0.5) is 5.69 Å². The van der Waals surface area contributed by atoms with Crippen molar-refractivity contribution in [1.29, 1.82) is 0 Å². The van der Waals surface area contributed by atoms with Crippen molar-refractivity contribution in [2.75, 3.05) is 19.8 Å². The van der Waals surface area contributed by atoms with Crippen LogP contribution in [-0.4, -0.2) is 35.7 Å². The second-order valence-electron chi connectivity index (χ2n) is 6.73. The highest BCUT2D eigenvalue weighted by Gasteiger charge is 2.32.